The maximum absolute atomic E-state index is 11.9. The molecule has 2 N–H and O–H groups in total. The van der Waals surface area contributed by atoms with E-state index in [0.29, 0.717) is 0 Å². The van der Waals surface area contributed by atoms with Gasteiger partial charge < -0.3 is 34.1 Å². The van der Waals surface area contributed by atoms with Gasteiger partial charge in [0.1, 0.15) is 30.3 Å². The number of aromatic hydroxyl groups is 1. The van der Waals surface area contributed by atoms with Crippen LogP contribution in [0.3, 0.4) is 0 Å². The van der Waals surface area contributed by atoms with Crippen molar-refractivity contribution in [3.8, 4) is 11.5 Å². The number of ether oxygens (including phenoxy) is 5. The van der Waals surface area contributed by atoms with E-state index in [9.17, 15) is 29.1 Å². The van der Waals surface area contributed by atoms with Crippen LogP contribution in [0.2, 0.25) is 0 Å². The summed E-state index contributed by atoms with van der Waals surface area (Å²) in [6, 6.07) is 2.73. The molecule has 1 aliphatic heterocycles. The van der Waals surface area contributed by atoms with E-state index in [1.807, 2.05) is 0 Å². The third-order valence-electron chi connectivity index (χ3n) is 4.67. The molecule has 0 saturated carbocycles. The number of hydrogen-bond donors (Lipinski definition) is 2. The van der Waals surface area contributed by atoms with Crippen LogP contribution in [0, 0.1) is 0 Å². The summed E-state index contributed by atoms with van der Waals surface area (Å²) >= 11 is 0. The number of nitrogens with one attached hydrogen (secondary N) is 1. The largest absolute Gasteiger partial charge is 0.507 e. The highest BCUT2D eigenvalue weighted by Gasteiger charge is 2.52. The van der Waals surface area contributed by atoms with Gasteiger partial charge in [-0.2, -0.15) is 0 Å². The highest BCUT2D eigenvalue weighted by Crippen LogP contribution is 2.31. The number of phenols is 1. The molecule has 1 aromatic carbocycles. The molecule has 12 nitrogen and oxygen atoms in total. The van der Waals surface area contributed by atoms with Gasteiger partial charge >= 0.3 is 17.9 Å². The number of carbonyl (C=O) groups is 5. The van der Waals surface area contributed by atoms with Gasteiger partial charge in [0.25, 0.3) is 0 Å². The van der Waals surface area contributed by atoms with Crippen molar-refractivity contribution in [3.05, 3.63) is 23.8 Å². The lowest BCUT2D eigenvalue weighted by molar-refractivity contribution is -0.257. The van der Waals surface area contributed by atoms with Gasteiger partial charge in [-0.1, -0.05) is 0 Å². The van der Waals surface area contributed by atoms with E-state index in [0.717, 1.165) is 13.8 Å². The van der Waals surface area contributed by atoms with Crippen LogP contribution in [0.25, 0.3) is 0 Å². The number of phenolic OH excluding ortho intramolecular Hbond substituents is 1. The fourth-order valence-corrected chi connectivity index (χ4v) is 3.41. The van der Waals surface area contributed by atoms with Crippen molar-refractivity contribution in [2.24, 2.45) is 0 Å². The average Bonchev–Trinajstić information content (AvgIpc) is 2.69. The van der Waals surface area contributed by atoms with Gasteiger partial charge in [0.2, 0.25) is 12.2 Å². The van der Waals surface area contributed by atoms with E-state index in [1.54, 1.807) is 0 Å². The lowest BCUT2D eigenvalue weighted by atomic mass is 9.96. The van der Waals surface area contributed by atoms with Crippen LogP contribution in [0.1, 0.15) is 45.0 Å². The number of rotatable bonds is 8. The first kappa shape index (κ1) is 26.6. The molecule has 34 heavy (non-hydrogen) atoms. The van der Waals surface area contributed by atoms with E-state index in [-0.39, 0.29) is 29.5 Å². The Morgan fingerprint density at radius 1 is 0.941 bits per heavy atom. The van der Waals surface area contributed by atoms with Crippen molar-refractivity contribution in [2.75, 3.05) is 6.61 Å². The van der Waals surface area contributed by atoms with Gasteiger partial charge in [0.05, 0.1) is 5.56 Å². The Labute approximate surface area is 195 Å². The molecule has 1 aliphatic rings. The van der Waals surface area contributed by atoms with Crippen molar-refractivity contribution in [2.45, 2.75) is 65.3 Å². The fourth-order valence-electron chi connectivity index (χ4n) is 3.41. The third-order valence-corrected chi connectivity index (χ3v) is 4.67. The Morgan fingerprint density at radius 2 is 1.56 bits per heavy atom. The van der Waals surface area contributed by atoms with Crippen LogP contribution in [-0.2, 0) is 38.1 Å². The topological polar surface area (TPSA) is 164 Å². The molecule has 0 aromatic heterocycles. The van der Waals surface area contributed by atoms with Crippen LogP contribution in [0.4, 0.5) is 0 Å². The first-order valence-electron chi connectivity index (χ1n) is 10.3. The lowest BCUT2D eigenvalue weighted by Gasteiger charge is -2.44. The predicted octanol–water partition coefficient (Wildman–Crippen LogP) is 0.630. The van der Waals surface area contributed by atoms with Crippen molar-refractivity contribution >= 4 is 29.6 Å². The molecular weight excluding hydrogens is 454 g/mol. The monoisotopic (exact) mass is 481 g/mol. The first-order chi connectivity index (χ1) is 15.9. The quantitative estimate of drug-likeness (QED) is 0.304. The van der Waals surface area contributed by atoms with Crippen LogP contribution in [-0.4, -0.2) is 72.0 Å². The maximum atomic E-state index is 11.9. The lowest BCUT2D eigenvalue weighted by Crippen LogP contribution is -2.67. The summed E-state index contributed by atoms with van der Waals surface area (Å²) in [5, 5.41) is 12.7. The van der Waals surface area contributed by atoms with E-state index >= 15 is 0 Å². The van der Waals surface area contributed by atoms with E-state index in [1.165, 1.54) is 39.0 Å². The molecule has 1 fully saturated rings. The van der Waals surface area contributed by atoms with Crippen LogP contribution < -0.4 is 10.1 Å². The van der Waals surface area contributed by atoms with Crippen LogP contribution >= 0.6 is 0 Å². The van der Waals surface area contributed by atoms with Crippen LogP contribution in [0.15, 0.2) is 18.2 Å². The van der Waals surface area contributed by atoms with Crippen molar-refractivity contribution in [1.29, 1.82) is 0 Å². The Kier molecular flexibility index (Phi) is 8.96. The summed E-state index contributed by atoms with van der Waals surface area (Å²) in [6.45, 7) is 5.53. The number of benzene rings is 1. The zero-order chi connectivity index (χ0) is 25.6. The molecule has 1 heterocycles. The molecule has 1 aromatic rings. The van der Waals surface area contributed by atoms with Gasteiger partial charge in [-0.3, -0.25) is 24.0 Å². The van der Waals surface area contributed by atoms with Gasteiger partial charge in [0.15, 0.2) is 18.0 Å². The molecule has 186 valence electrons. The SMILES string of the molecule is CC(=O)N[C@@H]1[C@H](Oc2ccc(C(C)=O)c(O)c2)O[C@H](COC(C)=O)[C@@H](OC(C)=O)[C@@H]1OC(C)=O. The normalized spacial score (nSPS) is 23.9. The summed E-state index contributed by atoms with van der Waals surface area (Å²) in [5.41, 5.74) is 0.0655. The minimum atomic E-state index is -1.34. The molecule has 0 radical (unpaired) electrons. The molecule has 1 amide bonds. The zero-order valence-electron chi connectivity index (χ0n) is 19.4. The molecule has 0 bridgehead atoms. The molecule has 0 aliphatic carbocycles. The van der Waals surface area contributed by atoms with Crippen molar-refractivity contribution in [1.82, 2.24) is 5.32 Å². The Hall–Kier alpha value is -3.67. The second kappa shape index (κ2) is 11.5. The van der Waals surface area contributed by atoms with Gasteiger partial charge in [-0.15, -0.1) is 0 Å². The molecular formula is C22H27NO11. The number of esters is 3. The van der Waals surface area contributed by atoms with Crippen LogP contribution in [0.5, 0.6) is 11.5 Å². The Bertz CT molecular complexity index is 960. The van der Waals surface area contributed by atoms with Gasteiger partial charge in [-0.25, -0.2) is 0 Å². The number of carbonyl (C=O) groups excluding carboxylic acids is 5. The summed E-state index contributed by atoms with van der Waals surface area (Å²) < 4.78 is 27.4. The van der Waals surface area contributed by atoms with E-state index in [4.69, 9.17) is 23.7 Å². The summed E-state index contributed by atoms with van der Waals surface area (Å²) in [4.78, 5) is 58.5. The highest BCUT2D eigenvalue weighted by molar-refractivity contribution is 5.96. The van der Waals surface area contributed by atoms with Gasteiger partial charge in [-0.05, 0) is 19.1 Å². The van der Waals surface area contributed by atoms with E-state index < -0.39 is 54.5 Å². The molecule has 12 heteroatoms. The zero-order valence-corrected chi connectivity index (χ0v) is 19.4. The predicted molar refractivity (Wildman–Crippen MR) is 113 cm³/mol. The molecule has 0 spiro atoms. The minimum Gasteiger partial charge on any atom is -0.507 e. The third kappa shape index (κ3) is 7.17. The number of Topliss-reactive ketones (excluding diaryl/α,β-unsaturated/α-hetero) is 1. The Morgan fingerprint density at radius 3 is 2.06 bits per heavy atom. The van der Waals surface area contributed by atoms with Crippen molar-refractivity contribution < 1.29 is 52.8 Å². The number of ketones is 1. The first-order valence-corrected chi connectivity index (χ1v) is 10.3. The smallest absolute Gasteiger partial charge is 0.303 e. The van der Waals surface area contributed by atoms with E-state index in [2.05, 4.69) is 5.32 Å². The number of hydrogen-bond acceptors (Lipinski definition) is 11. The fraction of sp³-hybridized carbons (Fsp3) is 0.500. The molecule has 1 saturated heterocycles. The standard InChI is InChI=1S/C22H27NO11/c1-10(24)16-7-6-15(8-17(16)29)33-22-19(23-11(2)25)21(32-14(5)28)20(31-13(4)27)18(34-22)9-30-12(3)26/h6-8,18-22,29H,9H2,1-5H3,(H,23,25)/t18-,19+,20-,21-,22-/m1/s1. The second-order valence-corrected chi connectivity index (χ2v) is 7.57. The number of amides is 1. The highest BCUT2D eigenvalue weighted by atomic mass is 16.7. The maximum Gasteiger partial charge on any atom is 0.303 e. The molecule has 2 rings (SSSR count). The van der Waals surface area contributed by atoms with Gasteiger partial charge in [0, 0.05) is 33.8 Å². The summed E-state index contributed by atoms with van der Waals surface area (Å²) in [5.74, 6) is -3.30. The minimum absolute atomic E-state index is 0.0570. The molecule has 5 atom stereocenters. The molecule has 0 unspecified atom stereocenters. The summed E-state index contributed by atoms with van der Waals surface area (Å²) in [7, 11) is 0. The second-order valence-electron chi connectivity index (χ2n) is 7.57. The average molecular weight is 481 g/mol. The Balaban J connectivity index is 2.47. The van der Waals surface area contributed by atoms with Crippen molar-refractivity contribution in [3.63, 3.8) is 0 Å². The summed E-state index contributed by atoms with van der Waals surface area (Å²) in [6.07, 6.45) is -5.03.